The van der Waals surface area contributed by atoms with Gasteiger partial charge in [0.05, 0.1) is 14.2 Å². The van der Waals surface area contributed by atoms with Gasteiger partial charge in [-0.3, -0.25) is 0 Å². The van der Waals surface area contributed by atoms with E-state index in [0.717, 1.165) is 19.2 Å². The summed E-state index contributed by atoms with van der Waals surface area (Å²) in [6, 6.07) is 2.13. The lowest BCUT2D eigenvalue weighted by molar-refractivity contribution is -0.150. The molecule has 18 heavy (non-hydrogen) atoms. The number of esters is 1. The number of aromatic hydroxyl groups is 1. The van der Waals surface area contributed by atoms with Crippen molar-refractivity contribution in [2.75, 3.05) is 14.2 Å². The molecular weight excluding hydrogens is 244 g/mol. The number of aromatic carboxylic acids is 1. The van der Waals surface area contributed by atoms with Crippen molar-refractivity contribution >= 4 is 11.9 Å². The largest absolute Gasteiger partial charge is 0.504 e. The molecule has 7 nitrogen and oxygen atoms in total. The van der Waals surface area contributed by atoms with Gasteiger partial charge in [-0.2, -0.15) is 0 Å². The molecule has 0 bridgehead atoms. The highest BCUT2D eigenvalue weighted by Gasteiger charge is 2.23. The quantitative estimate of drug-likeness (QED) is 0.664. The maximum absolute atomic E-state index is 11.2. The molecule has 1 rings (SSSR count). The number of carbonyl (C=O) groups is 2. The topological polar surface area (TPSA) is 113 Å². The molecule has 1 aromatic carbocycles. The van der Waals surface area contributed by atoms with E-state index in [-0.39, 0.29) is 11.3 Å². The minimum atomic E-state index is -1.65. The number of carboxylic acid groups (broad SMARTS) is 1. The van der Waals surface area contributed by atoms with Gasteiger partial charge in [-0.25, -0.2) is 9.59 Å². The maximum Gasteiger partial charge on any atom is 0.339 e. The monoisotopic (exact) mass is 256 g/mol. The van der Waals surface area contributed by atoms with Crippen molar-refractivity contribution in [2.45, 2.75) is 6.10 Å². The van der Waals surface area contributed by atoms with Gasteiger partial charge in [-0.05, 0) is 17.7 Å². The first-order valence-corrected chi connectivity index (χ1v) is 4.82. The Morgan fingerprint density at radius 1 is 1.28 bits per heavy atom. The zero-order valence-electron chi connectivity index (χ0n) is 9.71. The minimum Gasteiger partial charge on any atom is -0.504 e. The molecule has 98 valence electrons. The van der Waals surface area contributed by atoms with Crippen LogP contribution >= 0.6 is 0 Å². The van der Waals surface area contributed by atoms with Gasteiger partial charge in [0.25, 0.3) is 0 Å². The summed E-state index contributed by atoms with van der Waals surface area (Å²) in [6.45, 7) is 0. The van der Waals surface area contributed by atoms with Crippen LogP contribution in [0.15, 0.2) is 12.1 Å². The Kier molecular flexibility index (Phi) is 4.11. The summed E-state index contributed by atoms with van der Waals surface area (Å²) >= 11 is 0. The van der Waals surface area contributed by atoms with Crippen LogP contribution in [0.1, 0.15) is 22.0 Å². The molecule has 0 heterocycles. The Balaban J connectivity index is 3.34. The molecule has 0 spiro atoms. The number of methoxy groups -OCH3 is 2. The number of benzene rings is 1. The molecular formula is C11H12O7. The molecule has 0 saturated heterocycles. The molecule has 1 atom stereocenters. The predicted molar refractivity (Wildman–Crippen MR) is 58.6 cm³/mol. The summed E-state index contributed by atoms with van der Waals surface area (Å²) in [5, 5.41) is 28.0. The van der Waals surface area contributed by atoms with Crippen molar-refractivity contribution in [3.05, 3.63) is 23.3 Å². The van der Waals surface area contributed by atoms with Crippen LogP contribution in [-0.2, 0) is 9.53 Å². The minimum absolute atomic E-state index is 0.0473. The van der Waals surface area contributed by atoms with E-state index in [1.165, 1.54) is 7.11 Å². The summed E-state index contributed by atoms with van der Waals surface area (Å²) in [4.78, 5) is 22.0. The van der Waals surface area contributed by atoms with Gasteiger partial charge < -0.3 is 24.8 Å². The van der Waals surface area contributed by atoms with E-state index in [4.69, 9.17) is 9.84 Å². The molecule has 0 amide bonds. The SMILES string of the molecule is COC(=O)C(O)c1cc(OC)c(O)c(C(=O)O)c1. The number of rotatable bonds is 4. The summed E-state index contributed by atoms with van der Waals surface area (Å²) in [6.07, 6.45) is -1.65. The zero-order chi connectivity index (χ0) is 13.9. The fraction of sp³-hybridized carbons (Fsp3) is 0.273. The van der Waals surface area contributed by atoms with Crippen LogP contribution in [0.3, 0.4) is 0 Å². The predicted octanol–water partition coefficient (Wildman–Crippen LogP) is 0.305. The van der Waals surface area contributed by atoms with Crippen molar-refractivity contribution in [1.29, 1.82) is 0 Å². The molecule has 0 fully saturated rings. The fourth-order valence-electron chi connectivity index (χ4n) is 1.35. The summed E-state index contributed by atoms with van der Waals surface area (Å²) < 4.78 is 9.09. The number of ether oxygens (including phenoxy) is 2. The molecule has 0 aromatic heterocycles. The van der Waals surface area contributed by atoms with E-state index in [9.17, 15) is 19.8 Å². The molecule has 0 aliphatic carbocycles. The van der Waals surface area contributed by atoms with E-state index in [0.29, 0.717) is 0 Å². The van der Waals surface area contributed by atoms with E-state index >= 15 is 0 Å². The normalized spacial score (nSPS) is 11.7. The van der Waals surface area contributed by atoms with Gasteiger partial charge in [0.15, 0.2) is 17.6 Å². The smallest absolute Gasteiger partial charge is 0.339 e. The van der Waals surface area contributed by atoms with E-state index in [1.54, 1.807) is 0 Å². The van der Waals surface area contributed by atoms with Gasteiger partial charge >= 0.3 is 11.9 Å². The molecule has 0 aliphatic heterocycles. The Labute approximate surface area is 102 Å². The summed E-state index contributed by atoms with van der Waals surface area (Å²) in [7, 11) is 2.30. The third-order valence-electron chi connectivity index (χ3n) is 2.29. The number of phenols is 1. The molecule has 1 aromatic rings. The fourth-order valence-corrected chi connectivity index (χ4v) is 1.35. The highest BCUT2D eigenvalue weighted by Crippen LogP contribution is 2.33. The van der Waals surface area contributed by atoms with Crippen molar-refractivity contribution in [3.8, 4) is 11.5 Å². The number of aliphatic hydroxyl groups is 1. The first-order valence-electron chi connectivity index (χ1n) is 4.82. The van der Waals surface area contributed by atoms with E-state index < -0.39 is 29.4 Å². The highest BCUT2D eigenvalue weighted by atomic mass is 16.5. The first kappa shape index (κ1) is 13.8. The third-order valence-corrected chi connectivity index (χ3v) is 2.29. The lowest BCUT2D eigenvalue weighted by Crippen LogP contribution is -2.14. The van der Waals surface area contributed by atoms with Crippen molar-refractivity contribution in [3.63, 3.8) is 0 Å². The molecule has 1 unspecified atom stereocenters. The van der Waals surface area contributed by atoms with Crippen molar-refractivity contribution in [2.24, 2.45) is 0 Å². The molecule has 0 aliphatic rings. The van der Waals surface area contributed by atoms with Gasteiger partial charge in [-0.1, -0.05) is 0 Å². The zero-order valence-corrected chi connectivity index (χ0v) is 9.71. The van der Waals surface area contributed by atoms with Gasteiger partial charge in [-0.15, -0.1) is 0 Å². The van der Waals surface area contributed by atoms with Crippen molar-refractivity contribution < 1.29 is 34.4 Å². The van der Waals surface area contributed by atoms with Gasteiger partial charge in [0, 0.05) is 0 Å². The second kappa shape index (κ2) is 5.37. The third kappa shape index (κ3) is 2.51. The Bertz CT molecular complexity index is 481. The van der Waals surface area contributed by atoms with Crippen LogP contribution in [0.5, 0.6) is 11.5 Å². The number of carbonyl (C=O) groups excluding carboxylic acids is 1. The average molecular weight is 256 g/mol. The Morgan fingerprint density at radius 2 is 1.89 bits per heavy atom. The van der Waals surface area contributed by atoms with Crippen LogP contribution < -0.4 is 4.74 Å². The van der Waals surface area contributed by atoms with Crippen LogP contribution in [0, 0.1) is 0 Å². The van der Waals surface area contributed by atoms with Crippen LogP contribution in [0.2, 0.25) is 0 Å². The van der Waals surface area contributed by atoms with Crippen molar-refractivity contribution in [1.82, 2.24) is 0 Å². The Hall–Kier alpha value is -2.28. The van der Waals surface area contributed by atoms with E-state index in [1.807, 2.05) is 0 Å². The van der Waals surface area contributed by atoms with Gasteiger partial charge in [0.2, 0.25) is 0 Å². The Morgan fingerprint density at radius 3 is 2.33 bits per heavy atom. The standard InChI is InChI=1S/C11H12O7/c1-17-7-4-5(8(12)11(16)18-2)3-6(9(7)13)10(14)15/h3-4,8,12-13H,1-2H3,(H,14,15). The molecule has 0 saturated carbocycles. The van der Waals surface area contributed by atoms with Crippen LogP contribution in [0.4, 0.5) is 0 Å². The van der Waals surface area contributed by atoms with E-state index in [2.05, 4.69) is 4.74 Å². The molecule has 0 radical (unpaired) electrons. The summed E-state index contributed by atoms with van der Waals surface area (Å²) in [5.74, 6) is -3.09. The number of hydrogen-bond acceptors (Lipinski definition) is 6. The second-order valence-electron chi connectivity index (χ2n) is 3.35. The molecule has 7 heteroatoms. The number of aliphatic hydroxyl groups excluding tert-OH is 1. The highest BCUT2D eigenvalue weighted by molar-refractivity contribution is 5.92. The molecule has 3 N–H and O–H groups in total. The lowest BCUT2D eigenvalue weighted by atomic mass is 10.0. The van der Waals surface area contributed by atoms with Crippen LogP contribution in [0.25, 0.3) is 0 Å². The lowest BCUT2D eigenvalue weighted by Gasteiger charge is -2.13. The average Bonchev–Trinajstić information content (AvgIpc) is 2.36. The first-order chi connectivity index (χ1) is 8.42. The number of hydrogen-bond donors (Lipinski definition) is 3. The maximum atomic E-state index is 11.2. The summed E-state index contributed by atoms with van der Waals surface area (Å²) in [5.41, 5.74) is -0.527. The number of carboxylic acids is 1. The van der Waals surface area contributed by atoms with Gasteiger partial charge in [0.1, 0.15) is 5.56 Å². The second-order valence-corrected chi connectivity index (χ2v) is 3.35. The van der Waals surface area contributed by atoms with Crippen LogP contribution in [-0.4, -0.2) is 41.5 Å².